The first-order valence-electron chi connectivity index (χ1n) is 9.77. The highest BCUT2D eigenvalue weighted by Gasteiger charge is 2.22. The van der Waals surface area contributed by atoms with Crippen molar-refractivity contribution in [1.29, 1.82) is 0 Å². The Morgan fingerprint density at radius 1 is 0.963 bits per heavy atom. The van der Waals surface area contributed by atoms with Gasteiger partial charge in [-0.15, -0.1) is 0 Å². The molecule has 2 aromatic carbocycles. The highest BCUT2D eigenvalue weighted by molar-refractivity contribution is 7.99. The van der Waals surface area contributed by atoms with Gasteiger partial charge in [0.1, 0.15) is 0 Å². The molecule has 0 atom stereocenters. The second-order valence-electron chi connectivity index (χ2n) is 8.32. The Balaban J connectivity index is 0.000000321. The third kappa shape index (κ3) is 6.27. The molecule has 0 bridgehead atoms. The third-order valence-corrected chi connectivity index (χ3v) is 6.14. The molecule has 0 aliphatic carbocycles. The van der Waals surface area contributed by atoms with Gasteiger partial charge >= 0.3 is 0 Å². The first-order valence-corrected chi connectivity index (χ1v) is 10.6. The van der Waals surface area contributed by atoms with E-state index in [0.29, 0.717) is 5.92 Å². The molecule has 3 rings (SSSR count). The van der Waals surface area contributed by atoms with Crippen LogP contribution in [0, 0.1) is 5.92 Å². The molecule has 3 nitrogen and oxygen atoms in total. The summed E-state index contributed by atoms with van der Waals surface area (Å²) in [6, 6.07) is 17.4. The van der Waals surface area contributed by atoms with E-state index < -0.39 is 0 Å². The van der Waals surface area contributed by atoms with Crippen LogP contribution in [0.1, 0.15) is 34.1 Å². The van der Waals surface area contributed by atoms with Crippen LogP contribution in [-0.4, -0.2) is 37.6 Å². The molecule has 0 spiro atoms. The van der Waals surface area contributed by atoms with Crippen molar-refractivity contribution >= 4 is 23.1 Å². The molecule has 0 aromatic heterocycles. The van der Waals surface area contributed by atoms with E-state index in [1.807, 2.05) is 25.6 Å². The predicted octanol–water partition coefficient (Wildman–Crippen LogP) is 5.62. The number of hydrogen-bond acceptors (Lipinski definition) is 4. The third-order valence-electron chi connectivity index (χ3n) is 5.01. The van der Waals surface area contributed by atoms with E-state index in [0.717, 1.165) is 13.1 Å². The van der Waals surface area contributed by atoms with Gasteiger partial charge in [-0.3, -0.25) is 0 Å². The number of para-hydroxylation sites is 2. The van der Waals surface area contributed by atoms with E-state index in [2.05, 4.69) is 86.3 Å². The Hall–Kier alpha value is -1.49. The zero-order valence-electron chi connectivity index (χ0n) is 17.7. The maximum atomic E-state index is 5.68. The lowest BCUT2D eigenvalue weighted by Crippen LogP contribution is -2.37. The second kappa shape index (κ2) is 9.63. The van der Waals surface area contributed by atoms with Crippen molar-refractivity contribution in [2.24, 2.45) is 11.7 Å². The molecule has 2 aromatic rings. The van der Waals surface area contributed by atoms with Crippen molar-refractivity contribution in [3.63, 3.8) is 0 Å². The minimum atomic E-state index is 0. The summed E-state index contributed by atoms with van der Waals surface area (Å²) in [4.78, 5) is 7.42. The Labute approximate surface area is 169 Å². The number of nitrogens with two attached hydrogens (primary N) is 1. The fraction of sp³-hybridized carbons (Fsp3) is 0.478. The van der Waals surface area contributed by atoms with Crippen molar-refractivity contribution in [1.82, 2.24) is 4.90 Å². The lowest BCUT2D eigenvalue weighted by molar-refractivity contribution is 0.373. The maximum absolute atomic E-state index is 5.68. The molecule has 1 heterocycles. The number of hydrogen-bond donors (Lipinski definition) is 1. The molecular weight excluding hydrogens is 350 g/mol. The average molecular weight is 386 g/mol. The minimum absolute atomic E-state index is 0. The smallest absolute Gasteiger partial charge is 0.0552 e. The average Bonchev–Trinajstić information content (AvgIpc) is 2.60. The monoisotopic (exact) mass is 385 g/mol. The fourth-order valence-electron chi connectivity index (χ4n) is 2.57. The molecule has 0 amide bonds. The van der Waals surface area contributed by atoms with E-state index in [9.17, 15) is 0 Å². The van der Waals surface area contributed by atoms with E-state index in [4.69, 9.17) is 5.73 Å². The van der Waals surface area contributed by atoms with Crippen LogP contribution in [0.5, 0.6) is 0 Å². The molecule has 0 fully saturated rings. The Bertz CT molecular complexity index is 674. The largest absolute Gasteiger partial charge is 0.340 e. The molecule has 0 saturated carbocycles. The summed E-state index contributed by atoms with van der Waals surface area (Å²) in [6.07, 6.45) is 1.17. The van der Waals surface area contributed by atoms with Gasteiger partial charge in [-0.2, -0.15) is 0 Å². The summed E-state index contributed by atoms with van der Waals surface area (Å²) < 4.78 is 0. The van der Waals surface area contributed by atoms with Gasteiger partial charge in [0.25, 0.3) is 0 Å². The fourth-order valence-corrected chi connectivity index (χ4v) is 3.66. The SMILES string of the molecule is CC(C)C(C)(C)N.CN(C)CCCN1c2ccccc2Sc2ccccc21. The zero-order valence-corrected chi connectivity index (χ0v) is 18.5. The van der Waals surface area contributed by atoms with Crippen molar-refractivity contribution < 1.29 is 0 Å². The van der Waals surface area contributed by atoms with Gasteiger partial charge in [0, 0.05) is 21.9 Å². The van der Waals surface area contributed by atoms with E-state index in [-0.39, 0.29) is 5.54 Å². The van der Waals surface area contributed by atoms with E-state index >= 15 is 0 Å². The van der Waals surface area contributed by atoms with Crippen molar-refractivity contribution in [3.8, 4) is 0 Å². The highest BCUT2D eigenvalue weighted by Crippen LogP contribution is 2.47. The Morgan fingerprint density at radius 2 is 1.41 bits per heavy atom. The Kier molecular flexibility index (Phi) is 7.78. The molecule has 0 radical (unpaired) electrons. The summed E-state index contributed by atoms with van der Waals surface area (Å²) in [5.74, 6) is 0.576. The van der Waals surface area contributed by atoms with Gasteiger partial charge in [0.15, 0.2) is 0 Å². The lowest BCUT2D eigenvalue weighted by atomic mass is 9.92. The Morgan fingerprint density at radius 3 is 1.81 bits per heavy atom. The van der Waals surface area contributed by atoms with Crippen LogP contribution < -0.4 is 10.6 Å². The molecule has 1 aliphatic heterocycles. The normalized spacial score (nSPS) is 13.1. The molecular formula is C23H35N3S. The predicted molar refractivity (Wildman–Crippen MR) is 120 cm³/mol. The second-order valence-corrected chi connectivity index (χ2v) is 9.41. The maximum Gasteiger partial charge on any atom is 0.0552 e. The van der Waals surface area contributed by atoms with Crippen LogP contribution in [0.15, 0.2) is 58.3 Å². The van der Waals surface area contributed by atoms with Crippen molar-refractivity contribution in [3.05, 3.63) is 48.5 Å². The number of nitrogens with zero attached hydrogens (tertiary/aromatic N) is 2. The number of fused-ring (bicyclic) bond motifs is 2. The molecule has 0 saturated heterocycles. The zero-order chi connectivity index (χ0) is 20.0. The number of anilines is 2. The van der Waals surface area contributed by atoms with E-state index in [1.54, 1.807) is 0 Å². The summed E-state index contributed by atoms with van der Waals surface area (Å²) in [7, 11) is 4.27. The lowest BCUT2D eigenvalue weighted by Gasteiger charge is -2.33. The molecule has 148 valence electrons. The van der Waals surface area contributed by atoms with Gasteiger partial charge in [-0.1, -0.05) is 49.9 Å². The number of rotatable bonds is 5. The summed E-state index contributed by atoms with van der Waals surface area (Å²) in [5.41, 5.74) is 8.36. The van der Waals surface area contributed by atoms with Gasteiger partial charge < -0.3 is 15.5 Å². The van der Waals surface area contributed by atoms with Gasteiger partial charge in [0.2, 0.25) is 0 Å². The number of benzene rings is 2. The van der Waals surface area contributed by atoms with Gasteiger partial charge in [-0.25, -0.2) is 0 Å². The van der Waals surface area contributed by atoms with Crippen LogP contribution in [0.3, 0.4) is 0 Å². The molecule has 27 heavy (non-hydrogen) atoms. The summed E-state index contributed by atoms with van der Waals surface area (Å²) in [5, 5.41) is 0. The topological polar surface area (TPSA) is 32.5 Å². The van der Waals surface area contributed by atoms with Gasteiger partial charge in [-0.05, 0) is 71.1 Å². The quantitative estimate of drug-likeness (QED) is 0.724. The van der Waals surface area contributed by atoms with Crippen LogP contribution >= 0.6 is 11.8 Å². The van der Waals surface area contributed by atoms with Crippen LogP contribution in [-0.2, 0) is 0 Å². The van der Waals surface area contributed by atoms with Crippen molar-refractivity contribution in [2.75, 3.05) is 32.1 Å². The van der Waals surface area contributed by atoms with Crippen LogP contribution in [0.4, 0.5) is 11.4 Å². The standard InChI is InChI=1S/C17H20N2S.C6H15N/c1-18(2)12-7-13-19-14-8-3-5-10-16(14)20-17-11-6-4-9-15(17)19;1-5(2)6(3,4)7/h3-6,8-11H,7,12-13H2,1-2H3;5H,7H2,1-4H3. The summed E-state index contributed by atoms with van der Waals surface area (Å²) in [6.45, 7) is 10.5. The minimum Gasteiger partial charge on any atom is -0.340 e. The van der Waals surface area contributed by atoms with Crippen molar-refractivity contribution in [2.45, 2.75) is 49.4 Å². The van der Waals surface area contributed by atoms with Gasteiger partial charge in [0.05, 0.1) is 11.4 Å². The molecule has 1 aliphatic rings. The molecule has 2 N–H and O–H groups in total. The highest BCUT2D eigenvalue weighted by atomic mass is 32.2. The van der Waals surface area contributed by atoms with Crippen LogP contribution in [0.25, 0.3) is 0 Å². The molecule has 0 unspecified atom stereocenters. The van der Waals surface area contributed by atoms with Crippen LogP contribution in [0.2, 0.25) is 0 Å². The first-order chi connectivity index (χ1) is 12.7. The molecule has 4 heteroatoms. The van der Waals surface area contributed by atoms with E-state index in [1.165, 1.54) is 27.6 Å². The first kappa shape index (κ1) is 21.8. The summed E-state index contributed by atoms with van der Waals surface area (Å²) >= 11 is 1.87.